The molecule has 110 valence electrons. The fourth-order valence-corrected chi connectivity index (χ4v) is 2.97. The van der Waals surface area contributed by atoms with Gasteiger partial charge < -0.3 is 14.7 Å². The van der Waals surface area contributed by atoms with E-state index in [4.69, 9.17) is 9.84 Å². The molecule has 3 atom stereocenters. The molecule has 0 aliphatic carbocycles. The maximum atomic E-state index is 12.6. The summed E-state index contributed by atoms with van der Waals surface area (Å²) in [7, 11) is -3.37. The van der Waals surface area contributed by atoms with Crippen molar-refractivity contribution in [3.05, 3.63) is 0 Å². The summed E-state index contributed by atoms with van der Waals surface area (Å²) >= 11 is 0. The molecule has 1 rings (SSSR count). The summed E-state index contributed by atoms with van der Waals surface area (Å²) < 4.78 is 38.6. The predicted octanol–water partition coefficient (Wildman–Crippen LogP) is -0.378. The molecule has 1 fully saturated rings. The first kappa shape index (κ1) is 15.8. The fraction of sp³-hybridized carbons (Fsp3) is 0.800. The van der Waals surface area contributed by atoms with Gasteiger partial charge in [0.15, 0.2) is 6.04 Å². The normalized spacial score (nSPS) is 23.4. The van der Waals surface area contributed by atoms with Crippen LogP contribution in [0.1, 0.15) is 13.3 Å². The zero-order valence-electron chi connectivity index (χ0n) is 10.6. The lowest BCUT2D eigenvalue weighted by molar-refractivity contribution is -0.153. The summed E-state index contributed by atoms with van der Waals surface area (Å²) in [6, 6.07) is -1.20. The second kappa shape index (κ2) is 5.83. The molecule has 0 radical (unpaired) electrons. The van der Waals surface area contributed by atoms with Crippen molar-refractivity contribution in [2.75, 3.05) is 19.4 Å². The van der Waals surface area contributed by atoms with Crippen molar-refractivity contribution >= 4 is 22.1 Å². The number of hydrogen-bond donors (Lipinski definition) is 1. The highest BCUT2D eigenvalue weighted by Crippen LogP contribution is 2.24. The number of halogens is 1. The van der Waals surface area contributed by atoms with Gasteiger partial charge in [-0.1, -0.05) is 0 Å². The monoisotopic (exact) mass is 297 g/mol. The molecule has 1 N–H and O–H groups in total. The van der Waals surface area contributed by atoms with Gasteiger partial charge in [-0.2, -0.15) is 8.42 Å². The molecule has 0 aromatic heterocycles. The number of hydrogen-bond acceptors (Lipinski definition) is 5. The molecule has 1 amide bonds. The van der Waals surface area contributed by atoms with Crippen LogP contribution < -0.4 is 0 Å². The Morgan fingerprint density at radius 2 is 2.21 bits per heavy atom. The average Bonchev–Trinajstić information content (AvgIpc) is 2.56. The summed E-state index contributed by atoms with van der Waals surface area (Å²) in [5, 5.41) is 9.11. The van der Waals surface area contributed by atoms with Crippen molar-refractivity contribution in [2.45, 2.75) is 25.5 Å². The van der Waals surface area contributed by atoms with E-state index in [9.17, 15) is 21.9 Å². The number of amides is 1. The largest absolute Gasteiger partial charge is 0.480 e. The molecule has 0 aromatic carbocycles. The van der Waals surface area contributed by atoms with E-state index in [-0.39, 0.29) is 13.0 Å². The van der Waals surface area contributed by atoms with E-state index in [1.807, 2.05) is 0 Å². The zero-order chi connectivity index (χ0) is 14.8. The SMILES string of the molecule is CO[C@H](C)[C@@H](C(=O)O)N1CC(CS(=O)(=O)F)CC1=O. The van der Waals surface area contributed by atoms with E-state index in [0.29, 0.717) is 0 Å². The van der Waals surface area contributed by atoms with Gasteiger partial charge in [0.2, 0.25) is 5.91 Å². The molecule has 1 unspecified atom stereocenters. The van der Waals surface area contributed by atoms with Gasteiger partial charge in [0.25, 0.3) is 0 Å². The van der Waals surface area contributed by atoms with Crippen LogP contribution in [0, 0.1) is 5.92 Å². The first-order chi connectivity index (χ1) is 8.65. The van der Waals surface area contributed by atoms with Crippen LogP contribution in [0.3, 0.4) is 0 Å². The number of likely N-dealkylation sites (tertiary alicyclic amines) is 1. The molecule has 19 heavy (non-hydrogen) atoms. The number of carbonyl (C=O) groups is 2. The van der Waals surface area contributed by atoms with Crippen LogP contribution in [0.4, 0.5) is 3.89 Å². The van der Waals surface area contributed by atoms with E-state index in [1.165, 1.54) is 14.0 Å². The highest BCUT2D eigenvalue weighted by Gasteiger charge is 2.41. The third kappa shape index (κ3) is 4.13. The number of carboxylic acid groups (broad SMARTS) is 1. The van der Waals surface area contributed by atoms with E-state index >= 15 is 0 Å². The van der Waals surface area contributed by atoms with E-state index < -0.39 is 45.9 Å². The fourth-order valence-electron chi connectivity index (χ4n) is 2.19. The second-order valence-corrected chi connectivity index (χ2v) is 5.96. The van der Waals surface area contributed by atoms with Crippen molar-refractivity contribution in [2.24, 2.45) is 5.92 Å². The van der Waals surface area contributed by atoms with Gasteiger partial charge in [0.05, 0.1) is 11.9 Å². The maximum absolute atomic E-state index is 12.6. The Morgan fingerprint density at radius 3 is 2.63 bits per heavy atom. The van der Waals surface area contributed by atoms with Crippen LogP contribution >= 0.6 is 0 Å². The zero-order valence-corrected chi connectivity index (χ0v) is 11.4. The summed E-state index contributed by atoms with van der Waals surface area (Å²) in [5.41, 5.74) is 0. The molecule has 1 aliphatic heterocycles. The quantitative estimate of drug-likeness (QED) is 0.671. The van der Waals surface area contributed by atoms with Gasteiger partial charge in [0, 0.05) is 26.0 Å². The Kier molecular flexibility index (Phi) is 4.86. The van der Waals surface area contributed by atoms with Crippen molar-refractivity contribution in [3.8, 4) is 0 Å². The lowest BCUT2D eigenvalue weighted by Crippen LogP contribution is -2.49. The Bertz CT molecular complexity index is 465. The molecule has 1 saturated heterocycles. The van der Waals surface area contributed by atoms with Crippen LogP contribution in [0.5, 0.6) is 0 Å². The lowest BCUT2D eigenvalue weighted by Gasteiger charge is -2.28. The minimum atomic E-state index is -4.68. The summed E-state index contributed by atoms with van der Waals surface area (Å²) in [5.74, 6) is -3.26. The minimum absolute atomic E-state index is 0.105. The van der Waals surface area contributed by atoms with Gasteiger partial charge in [0.1, 0.15) is 0 Å². The van der Waals surface area contributed by atoms with Crippen molar-refractivity contribution in [1.82, 2.24) is 4.90 Å². The van der Waals surface area contributed by atoms with E-state index in [0.717, 1.165) is 4.90 Å². The summed E-state index contributed by atoms with van der Waals surface area (Å²) in [6.07, 6.45) is -0.925. The molecular formula is C10H16FNO6S. The van der Waals surface area contributed by atoms with Gasteiger partial charge in [-0.3, -0.25) is 4.79 Å². The summed E-state index contributed by atoms with van der Waals surface area (Å²) in [4.78, 5) is 23.9. The lowest BCUT2D eigenvalue weighted by atomic mass is 10.1. The first-order valence-corrected chi connectivity index (χ1v) is 7.18. The number of nitrogens with zero attached hydrogens (tertiary/aromatic N) is 1. The van der Waals surface area contributed by atoms with Gasteiger partial charge in [-0.05, 0) is 6.92 Å². The highest BCUT2D eigenvalue weighted by atomic mass is 32.3. The van der Waals surface area contributed by atoms with Crippen molar-refractivity contribution in [1.29, 1.82) is 0 Å². The maximum Gasteiger partial charge on any atom is 0.329 e. The Morgan fingerprint density at radius 1 is 1.63 bits per heavy atom. The van der Waals surface area contributed by atoms with Crippen LogP contribution in [0.15, 0.2) is 0 Å². The van der Waals surface area contributed by atoms with Crippen LogP contribution in [-0.2, 0) is 24.5 Å². The van der Waals surface area contributed by atoms with E-state index in [2.05, 4.69) is 0 Å². The molecular weight excluding hydrogens is 281 g/mol. The Labute approximate surface area is 110 Å². The third-order valence-corrected chi connectivity index (χ3v) is 3.95. The number of aliphatic carboxylic acids is 1. The van der Waals surface area contributed by atoms with Crippen molar-refractivity contribution < 1.29 is 31.7 Å². The Balaban J connectivity index is 2.84. The molecule has 1 heterocycles. The Hall–Kier alpha value is -1.22. The smallest absolute Gasteiger partial charge is 0.329 e. The third-order valence-electron chi connectivity index (χ3n) is 3.08. The van der Waals surface area contributed by atoms with Crippen molar-refractivity contribution in [3.63, 3.8) is 0 Å². The van der Waals surface area contributed by atoms with Crippen LogP contribution in [0.2, 0.25) is 0 Å². The number of methoxy groups -OCH3 is 1. The summed E-state index contributed by atoms with van der Waals surface area (Å²) in [6.45, 7) is 1.39. The molecule has 0 bridgehead atoms. The average molecular weight is 297 g/mol. The van der Waals surface area contributed by atoms with E-state index in [1.54, 1.807) is 0 Å². The topological polar surface area (TPSA) is 101 Å². The standard InChI is InChI=1S/C10H16FNO6S/c1-6(18-2)9(10(14)15)12-4-7(3-8(12)13)5-19(11,16)17/h6-7,9H,3-5H2,1-2H3,(H,14,15)/t6-,7?,9+/m1/s1. The number of carbonyl (C=O) groups excluding carboxylic acids is 1. The van der Waals surface area contributed by atoms with Gasteiger partial charge >= 0.3 is 16.2 Å². The molecule has 0 spiro atoms. The number of carboxylic acids is 1. The second-order valence-electron chi connectivity index (χ2n) is 4.55. The minimum Gasteiger partial charge on any atom is -0.480 e. The molecule has 9 heteroatoms. The first-order valence-electron chi connectivity index (χ1n) is 5.63. The molecule has 0 saturated carbocycles. The van der Waals surface area contributed by atoms with Gasteiger partial charge in [-0.25, -0.2) is 4.79 Å². The number of ether oxygens (including phenoxy) is 1. The molecule has 0 aromatic rings. The predicted molar refractivity (Wildman–Crippen MR) is 62.6 cm³/mol. The number of rotatable bonds is 6. The van der Waals surface area contributed by atoms with Gasteiger partial charge in [-0.15, -0.1) is 3.89 Å². The highest BCUT2D eigenvalue weighted by molar-refractivity contribution is 7.86. The molecule has 1 aliphatic rings. The van der Waals surface area contributed by atoms with Crippen LogP contribution in [-0.4, -0.2) is 61.9 Å². The molecule has 7 nitrogen and oxygen atoms in total. The van der Waals surface area contributed by atoms with Crippen LogP contribution in [0.25, 0.3) is 0 Å².